The highest BCUT2D eigenvalue weighted by atomic mass is 16.2. The van der Waals surface area contributed by atoms with Gasteiger partial charge in [0.1, 0.15) is 6.33 Å². The van der Waals surface area contributed by atoms with Crippen LogP contribution in [-0.2, 0) is 0 Å². The van der Waals surface area contributed by atoms with E-state index in [1.54, 1.807) is 18.3 Å². The summed E-state index contributed by atoms with van der Waals surface area (Å²) in [6, 6.07) is 3.04. The Morgan fingerprint density at radius 2 is 1.86 bits per heavy atom. The fourth-order valence-electron chi connectivity index (χ4n) is 1.42. The molecular formula is C9H4N4O. The smallest absolute Gasteiger partial charge is 0.244 e. The molecule has 5 nitrogen and oxygen atoms in total. The lowest BCUT2D eigenvalue weighted by Crippen LogP contribution is -2.21. The lowest BCUT2D eigenvalue weighted by atomic mass is 10.2. The van der Waals surface area contributed by atoms with Crippen molar-refractivity contribution in [1.82, 2.24) is 9.97 Å². The molecule has 1 aromatic heterocycles. The van der Waals surface area contributed by atoms with Crippen molar-refractivity contribution in [3.63, 3.8) is 0 Å². The molecule has 0 saturated carbocycles. The number of fused-ring (bicyclic) bond motifs is 2. The van der Waals surface area contributed by atoms with Gasteiger partial charge in [-0.2, -0.15) is 9.98 Å². The Bertz CT molecular complexity index is 606. The Balaban J connectivity index is 2.56. The van der Waals surface area contributed by atoms with Gasteiger partial charge in [0.05, 0.1) is 16.2 Å². The highest BCUT2D eigenvalue weighted by Crippen LogP contribution is 2.03. The first-order valence-electron chi connectivity index (χ1n) is 4.04. The number of nitrogens with zero attached hydrogens (tertiary/aromatic N) is 4. The second-order valence-electron chi connectivity index (χ2n) is 2.93. The van der Waals surface area contributed by atoms with Crippen LogP contribution in [0.25, 0.3) is 10.9 Å². The summed E-state index contributed by atoms with van der Waals surface area (Å²) in [4.78, 5) is 26.3. The first-order valence-corrected chi connectivity index (χ1v) is 4.04. The monoisotopic (exact) mass is 184 g/mol. The fraction of sp³-hybridized carbons (Fsp3) is 0. The van der Waals surface area contributed by atoms with Crippen molar-refractivity contribution in [1.29, 1.82) is 0 Å². The van der Waals surface area contributed by atoms with Gasteiger partial charge in [-0.1, -0.05) is 0 Å². The Morgan fingerprint density at radius 1 is 1.07 bits per heavy atom. The number of hydrogen-bond donors (Lipinski definition) is 0. The topological polar surface area (TPSA) is 67.6 Å². The van der Waals surface area contributed by atoms with Crippen molar-refractivity contribution in [2.75, 3.05) is 0 Å². The molecule has 0 fully saturated rings. The molecule has 5 heteroatoms. The maximum absolute atomic E-state index is 10.9. The fourth-order valence-corrected chi connectivity index (χ4v) is 1.42. The summed E-state index contributed by atoms with van der Waals surface area (Å²) in [5.74, 6) is 0. The molecule has 2 amide bonds. The summed E-state index contributed by atoms with van der Waals surface area (Å²) < 4.78 is 0. The molecule has 0 N–H and O–H groups in total. The zero-order valence-electron chi connectivity index (χ0n) is 7.01. The minimum atomic E-state index is -0.455. The van der Waals surface area contributed by atoms with Crippen LogP contribution in [-0.4, -0.2) is 16.0 Å². The van der Waals surface area contributed by atoms with Crippen molar-refractivity contribution in [3.8, 4) is 0 Å². The number of urea groups is 1. The average Bonchev–Trinajstić information content (AvgIpc) is 2.53. The molecule has 0 spiro atoms. The van der Waals surface area contributed by atoms with Gasteiger partial charge in [0, 0.05) is 11.6 Å². The van der Waals surface area contributed by atoms with Crippen LogP contribution >= 0.6 is 0 Å². The normalized spacial score (nSPS) is 13.6. The maximum atomic E-state index is 10.9. The van der Waals surface area contributed by atoms with Gasteiger partial charge in [-0.3, -0.25) is 0 Å². The van der Waals surface area contributed by atoms with E-state index in [1.807, 2.05) is 0 Å². The summed E-state index contributed by atoms with van der Waals surface area (Å²) in [6.07, 6.45) is 3.14. The minimum Gasteiger partial charge on any atom is -0.244 e. The summed E-state index contributed by atoms with van der Waals surface area (Å²) in [5, 5.41) is 2.04. The van der Waals surface area contributed by atoms with Crippen LogP contribution in [0.1, 0.15) is 0 Å². The van der Waals surface area contributed by atoms with E-state index in [9.17, 15) is 4.79 Å². The number of carbonyl (C=O) groups is 1. The first-order chi connectivity index (χ1) is 6.83. The lowest BCUT2D eigenvalue weighted by molar-refractivity contribution is 0.256. The molecule has 1 aromatic carbocycles. The molecule has 14 heavy (non-hydrogen) atoms. The SMILES string of the molecule is O=C1N=c2cc3cncnc3cc2=N1. The van der Waals surface area contributed by atoms with E-state index in [2.05, 4.69) is 20.0 Å². The maximum Gasteiger partial charge on any atom is 0.368 e. The van der Waals surface area contributed by atoms with Crippen LogP contribution in [0.2, 0.25) is 0 Å². The molecule has 0 unspecified atom stereocenters. The van der Waals surface area contributed by atoms with Gasteiger partial charge in [-0.05, 0) is 12.1 Å². The van der Waals surface area contributed by atoms with E-state index in [1.165, 1.54) is 6.33 Å². The van der Waals surface area contributed by atoms with Crippen molar-refractivity contribution >= 4 is 16.9 Å². The number of amides is 2. The lowest BCUT2D eigenvalue weighted by Gasteiger charge is -1.91. The predicted molar refractivity (Wildman–Crippen MR) is 47.2 cm³/mol. The zero-order chi connectivity index (χ0) is 9.54. The third kappa shape index (κ3) is 0.922. The highest BCUT2D eigenvalue weighted by Gasteiger charge is 2.06. The molecule has 0 radical (unpaired) electrons. The van der Waals surface area contributed by atoms with Crippen LogP contribution in [0, 0.1) is 0 Å². The van der Waals surface area contributed by atoms with Crippen LogP contribution in [0.4, 0.5) is 4.79 Å². The van der Waals surface area contributed by atoms with Gasteiger partial charge in [-0.15, -0.1) is 0 Å². The Labute approximate surface area is 77.9 Å². The molecule has 1 aliphatic rings. The van der Waals surface area contributed by atoms with E-state index in [0.29, 0.717) is 10.7 Å². The van der Waals surface area contributed by atoms with Gasteiger partial charge in [0.25, 0.3) is 0 Å². The third-order valence-corrected chi connectivity index (χ3v) is 2.03. The van der Waals surface area contributed by atoms with E-state index < -0.39 is 6.03 Å². The second kappa shape index (κ2) is 2.41. The number of rotatable bonds is 0. The van der Waals surface area contributed by atoms with Crippen LogP contribution < -0.4 is 10.7 Å². The van der Waals surface area contributed by atoms with E-state index >= 15 is 0 Å². The Kier molecular flexibility index (Phi) is 1.25. The van der Waals surface area contributed by atoms with Gasteiger partial charge in [0.2, 0.25) is 0 Å². The van der Waals surface area contributed by atoms with Crippen LogP contribution in [0.15, 0.2) is 34.6 Å². The summed E-state index contributed by atoms with van der Waals surface area (Å²) in [7, 11) is 0. The van der Waals surface area contributed by atoms with Crippen molar-refractivity contribution in [2.45, 2.75) is 0 Å². The third-order valence-electron chi connectivity index (χ3n) is 2.03. The largest absolute Gasteiger partial charge is 0.368 e. The quantitative estimate of drug-likeness (QED) is 0.578. The molecule has 3 rings (SSSR count). The molecule has 0 atom stereocenters. The van der Waals surface area contributed by atoms with E-state index in [-0.39, 0.29) is 0 Å². The summed E-state index contributed by atoms with van der Waals surface area (Å²) in [5.41, 5.74) is 0.771. The highest BCUT2D eigenvalue weighted by molar-refractivity contribution is 5.81. The first kappa shape index (κ1) is 7.25. The molecule has 0 bridgehead atoms. The van der Waals surface area contributed by atoms with E-state index in [4.69, 9.17) is 0 Å². The molecule has 2 aromatic rings. The molecule has 0 saturated heterocycles. The standard InChI is InChI=1S/C9H4N4O/c14-9-12-7-1-5-3-10-4-11-6(5)2-8(7)13-9/h1-4H. The van der Waals surface area contributed by atoms with Crippen LogP contribution in [0.3, 0.4) is 0 Å². The molecule has 1 aliphatic heterocycles. The van der Waals surface area contributed by atoms with Gasteiger partial charge in [-0.25, -0.2) is 14.8 Å². The molecule has 2 heterocycles. The zero-order valence-corrected chi connectivity index (χ0v) is 7.01. The number of benzene rings is 1. The number of hydrogen-bond acceptors (Lipinski definition) is 3. The Morgan fingerprint density at radius 3 is 2.71 bits per heavy atom. The van der Waals surface area contributed by atoms with Crippen LogP contribution in [0.5, 0.6) is 0 Å². The average molecular weight is 184 g/mol. The molecular weight excluding hydrogens is 180 g/mol. The Hall–Kier alpha value is -2.17. The molecule has 0 aliphatic carbocycles. The molecule has 66 valence electrons. The number of carbonyl (C=O) groups excluding carboxylic acids is 1. The van der Waals surface area contributed by atoms with Gasteiger partial charge in [0.15, 0.2) is 0 Å². The predicted octanol–water partition coefficient (Wildman–Crippen LogP) is 0.00260. The summed E-state index contributed by atoms with van der Waals surface area (Å²) >= 11 is 0. The van der Waals surface area contributed by atoms with Crippen molar-refractivity contribution in [3.05, 3.63) is 35.4 Å². The second-order valence-corrected chi connectivity index (χ2v) is 2.93. The van der Waals surface area contributed by atoms with Gasteiger partial charge >= 0.3 is 6.03 Å². The van der Waals surface area contributed by atoms with Crippen molar-refractivity contribution in [2.24, 2.45) is 9.98 Å². The number of aromatic nitrogens is 2. The summed E-state index contributed by atoms with van der Waals surface area (Å²) in [6.45, 7) is 0. The minimum absolute atomic E-state index is 0.455. The van der Waals surface area contributed by atoms with Gasteiger partial charge < -0.3 is 0 Å². The van der Waals surface area contributed by atoms with Crippen molar-refractivity contribution < 1.29 is 4.79 Å². The van der Waals surface area contributed by atoms with E-state index in [0.717, 1.165) is 10.9 Å².